The van der Waals surface area contributed by atoms with Gasteiger partial charge in [0.05, 0.1) is 13.5 Å². The predicted molar refractivity (Wildman–Crippen MR) is 95.7 cm³/mol. The van der Waals surface area contributed by atoms with Crippen LogP contribution in [0, 0.1) is 6.92 Å². The number of ether oxygens (including phenoxy) is 2. The Bertz CT molecular complexity index is 755. The van der Waals surface area contributed by atoms with Gasteiger partial charge in [0, 0.05) is 25.2 Å². The van der Waals surface area contributed by atoms with Crippen LogP contribution in [0.4, 0.5) is 0 Å². The largest absolute Gasteiger partial charge is 0.504 e. The number of nitrogens with zero attached hydrogens (tertiary/aromatic N) is 1. The third kappa shape index (κ3) is 4.12. The molecule has 0 saturated heterocycles. The summed E-state index contributed by atoms with van der Waals surface area (Å²) in [7, 11) is 1.40. The molecule has 1 heterocycles. The second kappa shape index (κ2) is 7.57. The molecule has 1 aliphatic rings. The average Bonchev–Trinajstić information content (AvgIpc) is 2.82. The number of aryl methyl sites for hydroxylation is 1. The zero-order valence-corrected chi connectivity index (χ0v) is 14.6. The first kappa shape index (κ1) is 17.3. The summed E-state index contributed by atoms with van der Waals surface area (Å²) in [6.07, 6.45) is 0.343. The van der Waals surface area contributed by atoms with E-state index in [1.165, 1.54) is 12.7 Å². The number of hydrogen-bond donors (Lipinski definition) is 1. The van der Waals surface area contributed by atoms with E-state index in [0.717, 1.165) is 16.7 Å². The van der Waals surface area contributed by atoms with Crippen molar-refractivity contribution in [1.29, 1.82) is 0 Å². The Morgan fingerprint density at radius 3 is 2.72 bits per heavy atom. The van der Waals surface area contributed by atoms with Crippen molar-refractivity contribution in [1.82, 2.24) is 4.90 Å². The molecule has 0 amide bonds. The highest BCUT2D eigenvalue weighted by atomic mass is 16.5. The van der Waals surface area contributed by atoms with Crippen molar-refractivity contribution < 1.29 is 19.4 Å². The van der Waals surface area contributed by atoms with Crippen molar-refractivity contribution >= 4 is 5.97 Å². The van der Waals surface area contributed by atoms with Crippen LogP contribution in [-0.2, 0) is 16.1 Å². The average molecular weight is 341 g/mol. The third-order valence-electron chi connectivity index (χ3n) is 4.44. The topological polar surface area (TPSA) is 59.0 Å². The highest BCUT2D eigenvalue weighted by Crippen LogP contribution is 2.37. The maximum atomic E-state index is 11.4. The normalized spacial score (nSPS) is 14.3. The maximum absolute atomic E-state index is 11.4. The molecule has 0 bridgehead atoms. The number of phenols is 1. The number of rotatable bonds is 4. The van der Waals surface area contributed by atoms with Crippen LogP contribution in [0.25, 0.3) is 11.1 Å². The smallest absolute Gasteiger partial charge is 0.306 e. The minimum Gasteiger partial charge on any atom is -0.504 e. The Balaban J connectivity index is 1.85. The molecule has 2 aromatic carbocycles. The lowest BCUT2D eigenvalue weighted by Gasteiger charge is -2.18. The lowest BCUT2D eigenvalue weighted by molar-refractivity contribution is -0.141. The lowest BCUT2D eigenvalue weighted by Crippen LogP contribution is -2.28. The van der Waals surface area contributed by atoms with Crippen LogP contribution in [0.1, 0.15) is 17.5 Å². The van der Waals surface area contributed by atoms with Crippen LogP contribution in [0.3, 0.4) is 0 Å². The summed E-state index contributed by atoms with van der Waals surface area (Å²) in [5, 5.41) is 10.4. The molecule has 0 aliphatic carbocycles. The van der Waals surface area contributed by atoms with E-state index in [4.69, 9.17) is 9.47 Å². The van der Waals surface area contributed by atoms with Crippen LogP contribution in [0.5, 0.6) is 11.5 Å². The number of fused-ring (bicyclic) bond motifs is 1. The second-order valence-corrected chi connectivity index (χ2v) is 6.30. The number of esters is 1. The van der Waals surface area contributed by atoms with E-state index in [1.54, 1.807) is 6.07 Å². The third-order valence-corrected chi connectivity index (χ3v) is 4.44. The summed E-state index contributed by atoms with van der Waals surface area (Å²) in [5.41, 5.74) is 4.13. The fraction of sp³-hybridized carbons (Fsp3) is 0.350. The summed E-state index contributed by atoms with van der Waals surface area (Å²) < 4.78 is 10.5. The number of hydrogen-bond acceptors (Lipinski definition) is 5. The van der Waals surface area contributed by atoms with Gasteiger partial charge in [0.1, 0.15) is 6.61 Å². The molecule has 5 nitrogen and oxygen atoms in total. The van der Waals surface area contributed by atoms with Crippen LogP contribution in [-0.4, -0.2) is 42.8 Å². The SMILES string of the molecule is COC(=O)CCN1CCOc2c(O)cc(-c3ccc(C)cc3)cc2C1. The molecule has 1 aliphatic heterocycles. The molecule has 2 aromatic rings. The summed E-state index contributed by atoms with van der Waals surface area (Å²) >= 11 is 0. The molecule has 25 heavy (non-hydrogen) atoms. The first-order chi connectivity index (χ1) is 12.1. The minimum absolute atomic E-state index is 0.155. The number of benzene rings is 2. The molecule has 0 unspecified atom stereocenters. The van der Waals surface area contributed by atoms with Gasteiger partial charge >= 0.3 is 5.97 Å². The summed E-state index contributed by atoms with van der Waals surface area (Å²) in [4.78, 5) is 13.5. The monoisotopic (exact) mass is 341 g/mol. The Morgan fingerprint density at radius 1 is 1.24 bits per heavy atom. The quantitative estimate of drug-likeness (QED) is 0.866. The van der Waals surface area contributed by atoms with E-state index < -0.39 is 0 Å². The van der Waals surface area contributed by atoms with E-state index in [-0.39, 0.29) is 11.7 Å². The number of phenolic OH excluding ortho intramolecular Hbond substituents is 1. The van der Waals surface area contributed by atoms with Crippen molar-refractivity contribution in [3.63, 3.8) is 0 Å². The molecule has 132 valence electrons. The van der Waals surface area contributed by atoms with Gasteiger partial charge in [-0.3, -0.25) is 9.69 Å². The van der Waals surface area contributed by atoms with Gasteiger partial charge in [-0.05, 0) is 30.2 Å². The van der Waals surface area contributed by atoms with Gasteiger partial charge in [-0.15, -0.1) is 0 Å². The molecule has 0 saturated carbocycles. The van der Waals surface area contributed by atoms with Crippen molar-refractivity contribution in [3.8, 4) is 22.6 Å². The van der Waals surface area contributed by atoms with E-state index in [1.807, 2.05) is 19.1 Å². The highest BCUT2D eigenvalue weighted by molar-refractivity contribution is 5.70. The summed E-state index contributed by atoms with van der Waals surface area (Å²) in [5.74, 6) is 0.473. The number of methoxy groups -OCH3 is 1. The fourth-order valence-corrected chi connectivity index (χ4v) is 3.01. The van der Waals surface area contributed by atoms with Gasteiger partial charge in [0.25, 0.3) is 0 Å². The molecular formula is C20H23NO4. The van der Waals surface area contributed by atoms with E-state index in [9.17, 15) is 9.90 Å². The molecule has 0 radical (unpaired) electrons. The molecule has 0 aromatic heterocycles. The first-order valence-electron chi connectivity index (χ1n) is 8.41. The second-order valence-electron chi connectivity index (χ2n) is 6.30. The number of carbonyl (C=O) groups excluding carboxylic acids is 1. The Morgan fingerprint density at radius 2 is 2.00 bits per heavy atom. The van der Waals surface area contributed by atoms with Crippen LogP contribution in [0.2, 0.25) is 0 Å². The minimum atomic E-state index is -0.221. The number of carbonyl (C=O) groups is 1. The van der Waals surface area contributed by atoms with E-state index in [2.05, 4.69) is 23.1 Å². The molecule has 1 N–H and O–H groups in total. The Kier molecular flexibility index (Phi) is 5.24. The van der Waals surface area contributed by atoms with Crippen molar-refractivity contribution in [2.75, 3.05) is 26.8 Å². The zero-order valence-electron chi connectivity index (χ0n) is 14.6. The lowest BCUT2D eigenvalue weighted by atomic mass is 10.0. The van der Waals surface area contributed by atoms with Crippen LogP contribution < -0.4 is 4.74 Å². The van der Waals surface area contributed by atoms with Crippen molar-refractivity contribution in [2.45, 2.75) is 19.9 Å². The van der Waals surface area contributed by atoms with Gasteiger partial charge in [-0.25, -0.2) is 0 Å². The summed E-state index contributed by atoms with van der Waals surface area (Å²) in [6, 6.07) is 12.0. The zero-order chi connectivity index (χ0) is 17.8. The van der Waals surface area contributed by atoms with Gasteiger partial charge in [-0.2, -0.15) is 0 Å². The van der Waals surface area contributed by atoms with Gasteiger partial charge in [0.15, 0.2) is 11.5 Å². The van der Waals surface area contributed by atoms with Crippen LogP contribution in [0.15, 0.2) is 36.4 Å². The molecule has 0 spiro atoms. The highest BCUT2D eigenvalue weighted by Gasteiger charge is 2.20. The van der Waals surface area contributed by atoms with Gasteiger partial charge < -0.3 is 14.6 Å². The molecule has 0 fully saturated rings. The molecule has 0 atom stereocenters. The first-order valence-corrected chi connectivity index (χ1v) is 8.41. The van der Waals surface area contributed by atoms with Crippen molar-refractivity contribution in [2.24, 2.45) is 0 Å². The molecule has 5 heteroatoms. The van der Waals surface area contributed by atoms with Crippen LogP contribution >= 0.6 is 0 Å². The van der Waals surface area contributed by atoms with Gasteiger partial charge in [0.2, 0.25) is 0 Å². The van der Waals surface area contributed by atoms with Crippen molar-refractivity contribution in [3.05, 3.63) is 47.5 Å². The van der Waals surface area contributed by atoms with Gasteiger partial charge in [-0.1, -0.05) is 29.8 Å². The Hall–Kier alpha value is -2.53. The maximum Gasteiger partial charge on any atom is 0.306 e. The van der Waals surface area contributed by atoms with E-state index in [0.29, 0.717) is 38.4 Å². The Labute approximate surface area is 147 Å². The predicted octanol–water partition coefficient (Wildman–Crippen LogP) is 3.13. The fourth-order valence-electron chi connectivity index (χ4n) is 3.01. The summed E-state index contributed by atoms with van der Waals surface area (Å²) in [6.45, 7) is 4.45. The molecule has 3 rings (SSSR count). The number of aromatic hydroxyl groups is 1. The standard InChI is InChI=1S/C20H23NO4/c1-14-3-5-15(6-4-14)16-11-17-13-21(8-7-19(23)24-2)9-10-25-20(17)18(22)12-16/h3-6,11-12,22H,7-10,13H2,1-2H3. The van der Waals surface area contributed by atoms with E-state index >= 15 is 0 Å². The molecular weight excluding hydrogens is 318 g/mol.